The van der Waals surface area contributed by atoms with E-state index in [2.05, 4.69) is 25.5 Å². The molecule has 0 bridgehead atoms. The van der Waals surface area contributed by atoms with E-state index in [1.807, 2.05) is 0 Å². The molecule has 0 aliphatic carbocycles. The van der Waals surface area contributed by atoms with Crippen LogP contribution < -0.4 is 5.32 Å². The standard InChI is InChI=1S/C13H15N5O2/c1-13(2,3)20-12(19)9-4-5-10(18-17-9)16-11-8-14-6-7-15-11/h4-8H,1-3H3,(H,15,16,18). The largest absolute Gasteiger partial charge is 0.455 e. The molecule has 104 valence electrons. The first kappa shape index (κ1) is 13.9. The molecule has 0 fully saturated rings. The van der Waals surface area contributed by atoms with Crippen molar-refractivity contribution in [2.75, 3.05) is 5.32 Å². The molecular weight excluding hydrogens is 258 g/mol. The van der Waals surface area contributed by atoms with Crippen molar-refractivity contribution in [2.45, 2.75) is 26.4 Å². The first-order valence-electron chi connectivity index (χ1n) is 6.04. The van der Waals surface area contributed by atoms with Gasteiger partial charge in [0.25, 0.3) is 0 Å². The SMILES string of the molecule is CC(C)(C)OC(=O)c1ccc(Nc2cnccn2)nn1. The van der Waals surface area contributed by atoms with Gasteiger partial charge < -0.3 is 10.1 Å². The maximum Gasteiger partial charge on any atom is 0.359 e. The van der Waals surface area contributed by atoms with Gasteiger partial charge in [-0.25, -0.2) is 9.78 Å². The zero-order chi connectivity index (χ0) is 14.6. The van der Waals surface area contributed by atoms with Crippen molar-refractivity contribution in [3.8, 4) is 0 Å². The Morgan fingerprint density at radius 3 is 2.50 bits per heavy atom. The Hall–Kier alpha value is -2.57. The number of esters is 1. The lowest BCUT2D eigenvalue weighted by molar-refractivity contribution is 0.00617. The molecule has 0 radical (unpaired) electrons. The van der Waals surface area contributed by atoms with Crippen LogP contribution in [0, 0.1) is 0 Å². The monoisotopic (exact) mass is 273 g/mol. The smallest absolute Gasteiger partial charge is 0.359 e. The van der Waals surface area contributed by atoms with Crippen LogP contribution >= 0.6 is 0 Å². The number of carbonyl (C=O) groups is 1. The van der Waals surface area contributed by atoms with Gasteiger partial charge in [0.2, 0.25) is 0 Å². The number of aromatic nitrogens is 4. The number of nitrogens with zero attached hydrogens (tertiary/aromatic N) is 4. The van der Waals surface area contributed by atoms with E-state index < -0.39 is 11.6 Å². The molecule has 2 aromatic rings. The van der Waals surface area contributed by atoms with E-state index in [-0.39, 0.29) is 5.69 Å². The zero-order valence-electron chi connectivity index (χ0n) is 11.5. The predicted octanol–water partition coefficient (Wildman–Crippen LogP) is 1.97. The normalized spacial score (nSPS) is 10.9. The van der Waals surface area contributed by atoms with Gasteiger partial charge in [-0.15, -0.1) is 10.2 Å². The van der Waals surface area contributed by atoms with Crippen molar-refractivity contribution in [3.05, 3.63) is 36.4 Å². The van der Waals surface area contributed by atoms with Gasteiger partial charge in [-0.3, -0.25) is 4.98 Å². The molecule has 0 aliphatic rings. The second-order valence-electron chi connectivity index (χ2n) is 5.02. The molecule has 2 rings (SSSR count). The highest BCUT2D eigenvalue weighted by Crippen LogP contribution is 2.12. The van der Waals surface area contributed by atoms with E-state index in [4.69, 9.17) is 4.74 Å². The number of hydrogen-bond donors (Lipinski definition) is 1. The van der Waals surface area contributed by atoms with E-state index in [0.717, 1.165) is 0 Å². The molecular formula is C13H15N5O2. The highest BCUT2D eigenvalue weighted by molar-refractivity contribution is 5.87. The van der Waals surface area contributed by atoms with Gasteiger partial charge in [-0.2, -0.15) is 0 Å². The Morgan fingerprint density at radius 1 is 1.15 bits per heavy atom. The van der Waals surface area contributed by atoms with E-state index in [1.165, 1.54) is 0 Å². The van der Waals surface area contributed by atoms with Gasteiger partial charge >= 0.3 is 5.97 Å². The molecule has 0 saturated heterocycles. The van der Waals surface area contributed by atoms with Crippen LogP contribution in [-0.4, -0.2) is 31.7 Å². The maximum atomic E-state index is 11.8. The fraction of sp³-hybridized carbons (Fsp3) is 0.308. The van der Waals surface area contributed by atoms with Crippen molar-refractivity contribution < 1.29 is 9.53 Å². The third-order valence-electron chi connectivity index (χ3n) is 2.09. The first-order chi connectivity index (χ1) is 9.44. The first-order valence-corrected chi connectivity index (χ1v) is 6.04. The summed E-state index contributed by atoms with van der Waals surface area (Å²) in [6.07, 6.45) is 4.69. The summed E-state index contributed by atoms with van der Waals surface area (Å²) in [6, 6.07) is 3.17. The molecule has 0 atom stereocenters. The van der Waals surface area contributed by atoms with Crippen molar-refractivity contribution in [1.82, 2.24) is 20.2 Å². The van der Waals surface area contributed by atoms with Crippen LogP contribution in [0.5, 0.6) is 0 Å². The molecule has 0 spiro atoms. The van der Waals surface area contributed by atoms with Crippen molar-refractivity contribution >= 4 is 17.6 Å². The minimum Gasteiger partial charge on any atom is -0.455 e. The fourth-order valence-corrected chi connectivity index (χ4v) is 1.33. The molecule has 2 heterocycles. The molecule has 1 N–H and O–H groups in total. The van der Waals surface area contributed by atoms with Crippen molar-refractivity contribution in [1.29, 1.82) is 0 Å². The highest BCUT2D eigenvalue weighted by Gasteiger charge is 2.19. The van der Waals surface area contributed by atoms with E-state index >= 15 is 0 Å². The summed E-state index contributed by atoms with van der Waals surface area (Å²) >= 11 is 0. The second-order valence-corrected chi connectivity index (χ2v) is 5.02. The number of rotatable bonds is 3. The van der Waals surface area contributed by atoms with E-state index in [9.17, 15) is 4.79 Å². The minimum atomic E-state index is -0.560. The summed E-state index contributed by atoms with van der Waals surface area (Å²) in [5.41, 5.74) is -0.403. The number of anilines is 2. The lowest BCUT2D eigenvalue weighted by atomic mass is 10.2. The average molecular weight is 273 g/mol. The van der Waals surface area contributed by atoms with Gasteiger partial charge in [0.05, 0.1) is 6.20 Å². The summed E-state index contributed by atoms with van der Waals surface area (Å²) in [6.45, 7) is 5.38. The van der Waals surface area contributed by atoms with Gasteiger partial charge in [0.1, 0.15) is 11.4 Å². The van der Waals surface area contributed by atoms with E-state index in [0.29, 0.717) is 11.6 Å². The molecule has 7 heteroatoms. The average Bonchev–Trinajstić information content (AvgIpc) is 2.39. The highest BCUT2D eigenvalue weighted by atomic mass is 16.6. The number of carbonyl (C=O) groups excluding carboxylic acids is 1. The second kappa shape index (κ2) is 5.60. The van der Waals surface area contributed by atoms with Gasteiger partial charge in [-0.1, -0.05) is 0 Å². The molecule has 0 amide bonds. The van der Waals surface area contributed by atoms with Crippen molar-refractivity contribution in [3.63, 3.8) is 0 Å². The topological polar surface area (TPSA) is 89.9 Å². The van der Waals surface area contributed by atoms with Crippen LogP contribution in [0.15, 0.2) is 30.7 Å². The molecule has 2 aromatic heterocycles. The quantitative estimate of drug-likeness (QED) is 0.855. The van der Waals surface area contributed by atoms with Crippen molar-refractivity contribution in [2.24, 2.45) is 0 Å². The third-order valence-corrected chi connectivity index (χ3v) is 2.09. The lowest BCUT2D eigenvalue weighted by Gasteiger charge is -2.18. The van der Waals surface area contributed by atoms with Crippen LogP contribution in [0.3, 0.4) is 0 Å². The summed E-state index contributed by atoms with van der Waals surface area (Å²) in [5, 5.41) is 10.6. The Morgan fingerprint density at radius 2 is 1.95 bits per heavy atom. The van der Waals surface area contributed by atoms with Crippen LogP contribution in [0.2, 0.25) is 0 Å². The number of hydrogen-bond acceptors (Lipinski definition) is 7. The summed E-state index contributed by atoms with van der Waals surface area (Å²) in [4.78, 5) is 19.7. The zero-order valence-corrected chi connectivity index (χ0v) is 11.5. The van der Waals surface area contributed by atoms with Crippen LogP contribution in [0.4, 0.5) is 11.6 Å². The van der Waals surface area contributed by atoms with Gasteiger partial charge in [-0.05, 0) is 32.9 Å². The summed E-state index contributed by atoms with van der Waals surface area (Å²) < 4.78 is 5.20. The molecule has 20 heavy (non-hydrogen) atoms. The Labute approximate surface area is 116 Å². The van der Waals surface area contributed by atoms with Crippen LogP contribution in [0.1, 0.15) is 31.3 Å². The van der Waals surface area contributed by atoms with Gasteiger partial charge in [0.15, 0.2) is 11.5 Å². The van der Waals surface area contributed by atoms with Crippen LogP contribution in [-0.2, 0) is 4.74 Å². The molecule has 0 aliphatic heterocycles. The third kappa shape index (κ3) is 3.98. The Balaban J connectivity index is 2.05. The molecule has 0 unspecified atom stereocenters. The Kier molecular flexibility index (Phi) is 3.88. The maximum absolute atomic E-state index is 11.8. The predicted molar refractivity (Wildman–Crippen MR) is 72.5 cm³/mol. The number of ether oxygens (including phenoxy) is 1. The molecule has 7 nitrogen and oxygen atoms in total. The molecule has 0 aromatic carbocycles. The van der Waals surface area contributed by atoms with E-state index in [1.54, 1.807) is 51.5 Å². The minimum absolute atomic E-state index is 0.157. The Bertz CT molecular complexity index is 578. The summed E-state index contributed by atoms with van der Waals surface area (Å²) in [7, 11) is 0. The fourth-order valence-electron chi connectivity index (χ4n) is 1.33. The lowest BCUT2D eigenvalue weighted by Crippen LogP contribution is -2.24. The molecule has 0 saturated carbocycles. The van der Waals surface area contributed by atoms with Gasteiger partial charge in [0, 0.05) is 12.4 Å². The van der Waals surface area contributed by atoms with Crippen LogP contribution in [0.25, 0.3) is 0 Å². The summed E-state index contributed by atoms with van der Waals surface area (Å²) in [5.74, 6) is 0.515. The number of nitrogens with one attached hydrogen (secondary N) is 1.